The van der Waals surface area contributed by atoms with Crippen molar-refractivity contribution in [2.24, 2.45) is 11.8 Å². The SMILES string of the molecule is COc1ccc(C(=O)N2CCC(CCC(=O)N3CCC(Cc4ccccc4)CC3)CC2)o1. The Bertz CT molecular complexity index is 878. The predicted molar refractivity (Wildman–Crippen MR) is 123 cm³/mol. The molecule has 0 saturated carbocycles. The lowest BCUT2D eigenvalue weighted by atomic mass is 9.89. The second-order valence-corrected chi connectivity index (χ2v) is 9.11. The Morgan fingerprint density at radius 3 is 2.22 bits per heavy atom. The number of piperidine rings is 2. The minimum atomic E-state index is -0.0822. The van der Waals surface area contributed by atoms with Crippen molar-refractivity contribution in [3.8, 4) is 5.95 Å². The minimum Gasteiger partial charge on any atom is -0.468 e. The molecule has 172 valence electrons. The highest BCUT2D eigenvalue weighted by molar-refractivity contribution is 5.91. The Morgan fingerprint density at radius 1 is 0.906 bits per heavy atom. The number of carbonyl (C=O) groups is 2. The lowest BCUT2D eigenvalue weighted by molar-refractivity contribution is -0.133. The fraction of sp³-hybridized carbons (Fsp3) is 0.538. The maximum absolute atomic E-state index is 12.7. The van der Waals surface area contributed by atoms with Gasteiger partial charge in [-0.25, -0.2) is 0 Å². The monoisotopic (exact) mass is 438 g/mol. The Balaban J connectivity index is 1.14. The molecule has 6 heteroatoms. The number of hydrogen-bond donors (Lipinski definition) is 0. The van der Waals surface area contributed by atoms with Crippen LogP contribution in [0.5, 0.6) is 5.95 Å². The number of nitrogens with zero attached hydrogens (tertiary/aromatic N) is 2. The van der Waals surface area contributed by atoms with E-state index in [1.165, 1.54) is 12.7 Å². The van der Waals surface area contributed by atoms with Gasteiger partial charge in [0.2, 0.25) is 5.91 Å². The number of benzene rings is 1. The van der Waals surface area contributed by atoms with Crippen molar-refractivity contribution in [2.75, 3.05) is 33.3 Å². The van der Waals surface area contributed by atoms with E-state index in [0.717, 1.165) is 51.6 Å². The van der Waals surface area contributed by atoms with Crippen LogP contribution in [0, 0.1) is 11.8 Å². The molecule has 1 aromatic carbocycles. The van der Waals surface area contributed by atoms with Gasteiger partial charge in [-0.15, -0.1) is 0 Å². The number of rotatable bonds is 7. The summed E-state index contributed by atoms with van der Waals surface area (Å²) in [5.41, 5.74) is 1.40. The van der Waals surface area contributed by atoms with E-state index in [9.17, 15) is 9.59 Å². The number of carbonyl (C=O) groups excluding carboxylic acids is 2. The molecular formula is C26H34N2O4. The van der Waals surface area contributed by atoms with Crippen LogP contribution in [0.4, 0.5) is 0 Å². The number of methoxy groups -OCH3 is 1. The maximum Gasteiger partial charge on any atom is 0.289 e. The first-order valence-electron chi connectivity index (χ1n) is 11.9. The molecule has 0 N–H and O–H groups in total. The summed E-state index contributed by atoms with van der Waals surface area (Å²) in [6.45, 7) is 3.20. The minimum absolute atomic E-state index is 0.0822. The van der Waals surface area contributed by atoms with Gasteiger partial charge < -0.3 is 19.0 Å². The Labute approximate surface area is 190 Å². The smallest absolute Gasteiger partial charge is 0.289 e. The van der Waals surface area contributed by atoms with Crippen molar-refractivity contribution < 1.29 is 18.7 Å². The molecule has 0 atom stereocenters. The molecule has 2 fully saturated rings. The molecule has 2 aromatic rings. The van der Waals surface area contributed by atoms with E-state index in [0.29, 0.717) is 49.0 Å². The van der Waals surface area contributed by atoms with Crippen molar-refractivity contribution in [1.29, 1.82) is 0 Å². The summed E-state index contributed by atoms with van der Waals surface area (Å²) < 4.78 is 10.4. The molecule has 2 amide bonds. The van der Waals surface area contributed by atoms with Crippen LogP contribution in [0.25, 0.3) is 0 Å². The summed E-state index contributed by atoms with van der Waals surface area (Å²) >= 11 is 0. The van der Waals surface area contributed by atoms with E-state index < -0.39 is 0 Å². The van der Waals surface area contributed by atoms with Gasteiger partial charge in [0.25, 0.3) is 11.9 Å². The van der Waals surface area contributed by atoms with Crippen LogP contribution in [-0.2, 0) is 11.2 Å². The third-order valence-electron chi connectivity index (χ3n) is 7.00. The second-order valence-electron chi connectivity index (χ2n) is 9.11. The van der Waals surface area contributed by atoms with E-state index in [1.807, 2.05) is 4.90 Å². The topological polar surface area (TPSA) is 63.0 Å². The summed E-state index contributed by atoms with van der Waals surface area (Å²) in [6.07, 6.45) is 6.73. The average Bonchev–Trinajstić information content (AvgIpc) is 3.33. The zero-order valence-corrected chi connectivity index (χ0v) is 19.0. The average molecular weight is 439 g/mol. The molecule has 6 nitrogen and oxygen atoms in total. The van der Waals surface area contributed by atoms with Crippen LogP contribution in [0.3, 0.4) is 0 Å². The standard InChI is InChI=1S/C26H34N2O4/c1-31-25-10-8-23(32-25)26(30)28-17-11-20(12-18-28)7-9-24(29)27-15-13-22(14-16-27)19-21-5-3-2-4-6-21/h2-6,8,10,20,22H,7,9,11-19H2,1H3. The van der Waals surface area contributed by atoms with Crippen molar-refractivity contribution in [3.05, 3.63) is 53.8 Å². The Hall–Kier alpha value is -2.76. The van der Waals surface area contributed by atoms with Crippen LogP contribution in [0.15, 0.2) is 46.9 Å². The van der Waals surface area contributed by atoms with Gasteiger partial charge in [0.05, 0.1) is 7.11 Å². The van der Waals surface area contributed by atoms with Crippen LogP contribution in [0.1, 0.15) is 54.6 Å². The second kappa shape index (κ2) is 10.7. The highest BCUT2D eigenvalue weighted by Gasteiger charge is 2.27. The first-order valence-corrected chi connectivity index (χ1v) is 11.9. The highest BCUT2D eigenvalue weighted by atomic mass is 16.6. The summed E-state index contributed by atoms with van der Waals surface area (Å²) in [7, 11) is 1.52. The largest absolute Gasteiger partial charge is 0.468 e. The quantitative estimate of drug-likeness (QED) is 0.643. The molecule has 1 aromatic heterocycles. The first kappa shape index (κ1) is 22.4. The molecule has 0 radical (unpaired) electrons. The van der Waals surface area contributed by atoms with Gasteiger partial charge in [-0.3, -0.25) is 9.59 Å². The van der Waals surface area contributed by atoms with Crippen LogP contribution in [0.2, 0.25) is 0 Å². The molecule has 3 heterocycles. The van der Waals surface area contributed by atoms with Crippen molar-refractivity contribution >= 4 is 11.8 Å². The van der Waals surface area contributed by atoms with Gasteiger partial charge in [0.1, 0.15) is 0 Å². The number of likely N-dealkylation sites (tertiary alicyclic amines) is 2. The third-order valence-corrected chi connectivity index (χ3v) is 7.00. The predicted octanol–water partition coefficient (Wildman–Crippen LogP) is 4.40. The molecule has 0 spiro atoms. The molecular weight excluding hydrogens is 404 g/mol. The fourth-order valence-electron chi connectivity index (χ4n) is 4.94. The summed E-state index contributed by atoms with van der Waals surface area (Å²) in [5, 5.41) is 0. The molecule has 2 aliphatic rings. The van der Waals surface area contributed by atoms with E-state index in [4.69, 9.17) is 9.15 Å². The zero-order chi connectivity index (χ0) is 22.3. The molecule has 4 rings (SSSR count). The lowest BCUT2D eigenvalue weighted by Crippen LogP contribution is -2.40. The summed E-state index contributed by atoms with van der Waals surface area (Å²) in [6, 6.07) is 14.0. The third kappa shape index (κ3) is 5.72. The molecule has 2 saturated heterocycles. The van der Waals surface area contributed by atoms with Crippen LogP contribution >= 0.6 is 0 Å². The fourth-order valence-corrected chi connectivity index (χ4v) is 4.94. The lowest BCUT2D eigenvalue weighted by Gasteiger charge is -2.34. The van der Waals surface area contributed by atoms with E-state index in [2.05, 4.69) is 35.2 Å². The number of amides is 2. The van der Waals surface area contributed by atoms with Crippen molar-refractivity contribution in [2.45, 2.75) is 44.9 Å². The molecule has 2 aliphatic heterocycles. The van der Waals surface area contributed by atoms with E-state index in [1.54, 1.807) is 12.1 Å². The van der Waals surface area contributed by atoms with E-state index >= 15 is 0 Å². The van der Waals surface area contributed by atoms with Gasteiger partial charge in [-0.05, 0) is 62.0 Å². The van der Waals surface area contributed by atoms with Gasteiger partial charge in [-0.1, -0.05) is 30.3 Å². The Morgan fingerprint density at radius 2 is 1.56 bits per heavy atom. The number of ether oxygens (including phenoxy) is 1. The van der Waals surface area contributed by atoms with E-state index in [-0.39, 0.29) is 5.91 Å². The molecule has 0 bridgehead atoms. The van der Waals surface area contributed by atoms with Gasteiger partial charge in [-0.2, -0.15) is 0 Å². The maximum atomic E-state index is 12.7. The van der Waals surface area contributed by atoms with Gasteiger partial charge in [0.15, 0.2) is 5.76 Å². The summed E-state index contributed by atoms with van der Waals surface area (Å²) in [4.78, 5) is 29.2. The number of hydrogen-bond acceptors (Lipinski definition) is 4. The van der Waals surface area contributed by atoms with Crippen molar-refractivity contribution in [1.82, 2.24) is 9.80 Å². The van der Waals surface area contributed by atoms with Gasteiger partial charge in [0, 0.05) is 38.7 Å². The molecule has 0 aliphatic carbocycles. The molecule has 32 heavy (non-hydrogen) atoms. The number of furan rings is 1. The van der Waals surface area contributed by atoms with Crippen LogP contribution in [-0.4, -0.2) is 54.9 Å². The summed E-state index contributed by atoms with van der Waals surface area (Å²) in [5.74, 6) is 2.07. The zero-order valence-electron chi connectivity index (χ0n) is 19.0. The molecule has 0 unspecified atom stereocenters. The highest BCUT2D eigenvalue weighted by Crippen LogP contribution is 2.26. The normalized spacial score (nSPS) is 18.0. The first-order chi connectivity index (χ1) is 15.6. The van der Waals surface area contributed by atoms with Crippen molar-refractivity contribution in [3.63, 3.8) is 0 Å². The van der Waals surface area contributed by atoms with Gasteiger partial charge >= 0.3 is 0 Å². The Kier molecular flexibility index (Phi) is 7.51. The van der Waals surface area contributed by atoms with Crippen LogP contribution < -0.4 is 4.74 Å².